The van der Waals surface area contributed by atoms with Gasteiger partial charge in [0.2, 0.25) is 5.91 Å². The standard InChI is InChI=1S/C18H22N2O/c21-17(16-10-7-13-19-16)20-18(11-5-2-6-12-18)14-15-8-3-1-4-9-15/h1-6,8-9,11,16,19H,7,10,12-14H2,(H,20,21). The van der Waals surface area contributed by atoms with Crippen LogP contribution in [-0.4, -0.2) is 24.0 Å². The van der Waals surface area contributed by atoms with Crippen LogP contribution < -0.4 is 10.6 Å². The molecule has 2 unspecified atom stereocenters. The van der Waals surface area contributed by atoms with E-state index in [1.54, 1.807) is 0 Å². The Bertz CT molecular complexity index is 544. The summed E-state index contributed by atoms with van der Waals surface area (Å²) in [7, 11) is 0. The summed E-state index contributed by atoms with van der Waals surface area (Å²) in [4.78, 5) is 12.5. The molecule has 2 N–H and O–H groups in total. The van der Waals surface area contributed by atoms with Crippen molar-refractivity contribution in [2.75, 3.05) is 6.54 Å². The van der Waals surface area contributed by atoms with Crippen molar-refractivity contribution in [2.24, 2.45) is 0 Å². The summed E-state index contributed by atoms with van der Waals surface area (Å²) in [5.41, 5.74) is 0.953. The van der Waals surface area contributed by atoms with Crippen molar-refractivity contribution in [2.45, 2.75) is 37.3 Å². The molecule has 1 aliphatic heterocycles. The molecule has 1 amide bonds. The van der Waals surface area contributed by atoms with Crippen LogP contribution in [0.5, 0.6) is 0 Å². The fraction of sp³-hybridized carbons (Fsp3) is 0.389. The van der Waals surface area contributed by atoms with Gasteiger partial charge in [0, 0.05) is 0 Å². The van der Waals surface area contributed by atoms with Crippen LogP contribution in [0.15, 0.2) is 54.6 Å². The lowest BCUT2D eigenvalue weighted by molar-refractivity contribution is -0.124. The lowest BCUT2D eigenvalue weighted by atomic mass is 9.84. The van der Waals surface area contributed by atoms with Gasteiger partial charge in [-0.1, -0.05) is 54.6 Å². The minimum Gasteiger partial charge on any atom is -0.345 e. The lowest BCUT2D eigenvalue weighted by Crippen LogP contribution is -2.53. The number of carbonyl (C=O) groups excluding carboxylic acids is 1. The van der Waals surface area contributed by atoms with Crippen LogP contribution in [0.2, 0.25) is 0 Å². The normalized spacial score (nSPS) is 27.7. The van der Waals surface area contributed by atoms with Crippen molar-refractivity contribution in [1.29, 1.82) is 0 Å². The number of allylic oxidation sites excluding steroid dienone is 2. The Hall–Kier alpha value is -1.87. The van der Waals surface area contributed by atoms with E-state index in [2.05, 4.69) is 34.9 Å². The van der Waals surface area contributed by atoms with E-state index in [9.17, 15) is 4.79 Å². The molecule has 2 atom stereocenters. The first-order chi connectivity index (χ1) is 10.3. The first kappa shape index (κ1) is 14.1. The highest BCUT2D eigenvalue weighted by molar-refractivity contribution is 5.83. The predicted octanol–water partition coefficient (Wildman–Crippen LogP) is 2.35. The van der Waals surface area contributed by atoms with E-state index in [1.165, 1.54) is 5.56 Å². The van der Waals surface area contributed by atoms with E-state index in [1.807, 2.05) is 30.4 Å². The van der Waals surface area contributed by atoms with Gasteiger partial charge in [-0.25, -0.2) is 0 Å². The molecule has 110 valence electrons. The molecule has 1 heterocycles. The Morgan fingerprint density at radius 1 is 1.29 bits per heavy atom. The number of benzene rings is 1. The summed E-state index contributed by atoms with van der Waals surface area (Å²) in [5, 5.41) is 6.56. The fourth-order valence-corrected chi connectivity index (χ4v) is 3.13. The molecule has 1 fully saturated rings. The summed E-state index contributed by atoms with van der Waals surface area (Å²) in [6, 6.07) is 10.3. The summed E-state index contributed by atoms with van der Waals surface area (Å²) in [5.74, 6) is 0.128. The van der Waals surface area contributed by atoms with Gasteiger partial charge in [-0.3, -0.25) is 4.79 Å². The zero-order chi connectivity index (χ0) is 14.5. The Labute approximate surface area is 126 Å². The SMILES string of the molecule is O=C(NC1(Cc2ccccc2)C=CC=CC1)C1CCCN1. The number of rotatable bonds is 4. The molecule has 0 spiro atoms. The third-order valence-corrected chi connectivity index (χ3v) is 4.26. The second-order valence-corrected chi connectivity index (χ2v) is 5.95. The predicted molar refractivity (Wildman–Crippen MR) is 84.9 cm³/mol. The van der Waals surface area contributed by atoms with Crippen LogP contribution in [0.4, 0.5) is 0 Å². The Kier molecular flexibility index (Phi) is 4.20. The third kappa shape index (κ3) is 3.42. The van der Waals surface area contributed by atoms with Gasteiger partial charge >= 0.3 is 0 Å². The van der Waals surface area contributed by atoms with Crippen LogP contribution in [0, 0.1) is 0 Å². The molecule has 1 saturated heterocycles. The van der Waals surface area contributed by atoms with Crippen LogP contribution in [-0.2, 0) is 11.2 Å². The van der Waals surface area contributed by atoms with Crippen LogP contribution >= 0.6 is 0 Å². The highest BCUT2D eigenvalue weighted by Gasteiger charge is 2.32. The highest BCUT2D eigenvalue weighted by atomic mass is 16.2. The summed E-state index contributed by atoms with van der Waals surface area (Å²) < 4.78 is 0. The number of hydrogen-bond acceptors (Lipinski definition) is 2. The molecule has 1 aromatic carbocycles. The monoisotopic (exact) mass is 282 g/mol. The second-order valence-electron chi connectivity index (χ2n) is 5.95. The van der Waals surface area contributed by atoms with Gasteiger partial charge < -0.3 is 10.6 Å². The molecule has 0 aromatic heterocycles. The van der Waals surface area contributed by atoms with Crippen LogP contribution in [0.1, 0.15) is 24.8 Å². The van der Waals surface area contributed by atoms with Crippen molar-refractivity contribution < 1.29 is 4.79 Å². The second kappa shape index (κ2) is 6.27. The van der Waals surface area contributed by atoms with Gasteiger partial charge in [0.05, 0.1) is 11.6 Å². The number of nitrogens with one attached hydrogen (secondary N) is 2. The number of hydrogen-bond donors (Lipinski definition) is 2. The summed E-state index contributed by atoms with van der Waals surface area (Å²) in [6.07, 6.45) is 12.0. The maximum atomic E-state index is 12.5. The molecular formula is C18H22N2O. The first-order valence-corrected chi connectivity index (χ1v) is 7.71. The minimum atomic E-state index is -0.294. The molecule has 3 rings (SSSR count). The van der Waals surface area contributed by atoms with E-state index in [0.29, 0.717) is 0 Å². The Balaban J connectivity index is 1.75. The lowest BCUT2D eigenvalue weighted by Gasteiger charge is -2.34. The average Bonchev–Trinajstić information content (AvgIpc) is 3.03. The maximum absolute atomic E-state index is 12.5. The molecule has 1 aliphatic carbocycles. The van der Waals surface area contributed by atoms with Gasteiger partial charge in [0.25, 0.3) is 0 Å². The molecule has 3 nitrogen and oxygen atoms in total. The van der Waals surface area contributed by atoms with Gasteiger partial charge in [0.15, 0.2) is 0 Å². The van der Waals surface area contributed by atoms with E-state index < -0.39 is 0 Å². The highest BCUT2D eigenvalue weighted by Crippen LogP contribution is 2.24. The van der Waals surface area contributed by atoms with Crippen molar-refractivity contribution >= 4 is 5.91 Å². The molecule has 21 heavy (non-hydrogen) atoms. The van der Waals surface area contributed by atoms with Crippen LogP contribution in [0.25, 0.3) is 0 Å². The zero-order valence-corrected chi connectivity index (χ0v) is 12.2. The molecule has 0 radical (unpaired) electrons. The number of amides is 1. The third-order valence-electron chi connectivity index (χ3n) is 4.26. The molecule has 3 heteroatoms. The Morgan fingerprint density at radius 2 is 2.14 bits per heavy atom. The smallest absolute Gasteiger partial charge is 0.237 e. The van der Waals surface area contributed by atoms with E-state index in [-0.39, 0.29) is 17.5 Å². The van der Waals surface area contributed by atoms with Crippen molar-refractivity contribution in [3.8, 4) is 0 Å². The number of carbonyl (C=O) groups is 1. The van der Waals surface area contributed by atoms with Crippen molar-refractivity contribution in [1.82, 2.24) is 10.6 Å². The van der Waals surface area contributed by atoms with E-state index >= 15 is 0 Å². The average molecular weight is 282 g/mol. The van der Waals surface area contributed by atoms with Gasteiger partial charge in [-0.2, -0.15) is 0 Å². The summed E-state index contributed by atoms with van der Waals surface area (Å²) >= 11 is 0. The minimum absolute atomic E-state index is 0.0306. The molecule has 1 aromatic rings. The van der Waals surface area contributed by atoms with Crippen molar-refractivity contribution in [3.05, 3.63) is 60.2 Å². The summed E-state index contributed by atoms with van der Waals surface area (Å²) in [6.45, 7) is 0.944. The van der Waals surface area contributed by atoms with Gasteiger partial charge in [-0.15, -0.1) is 0 Å². The van der Waals surface area contributed by atoms with Gasteiger partial charge in [-0.05, 0) is 37.8 Å². The topological polar surface area (TPSA) is 41.1 Å². The molecular weight excluding hydrogens is 260 g/mol. The van der Waals surface area contributed by atoms with Crippen molar-refractivity contribution in [3.63, 3.8) is 0 Å². The Morgan fingerprint density at radius 3 is 2.81 bits per heavy atom. The molecule has 2 aliphatic rings. The zero-order valence-electron chi connectivity index (χ0n) is 12.2. The van der Waals surface area contributed by atoms with Crippen LogP contribution in [0.3, 0.4) is 0 Å². The van der Waals surface area contributed by atoms with E-state index in [0.717, 1.165) is 32.2 Å². The van der Waals surface area contributed by atoms with Gasteiger partial charge in [0.1, 0.15) is 0 Å². The maximum Gasteiger partial charge on any atom is 0.237 e. The first-order valence-electron chi connectivity index (χ1n) is 7.71. The molecule has 0 saturated carbocycles. The fourth-order valence-electron chi connectivity index (χ4n) is 3.13. The quantitative estimate of drug-likeness (QED) is 0.890. The largest absolute Gasteiger partial charge is 0.345 e. The van der Waals surface area contributed by atoms with E-state index in [4.69, 9.17) is 0 Å². The molecule has 0 bridgehead atoms.